The molecule has 0 spiro atoms. The molecule has 0 aliphatic heterocycles. The third kappa shape index (κ3) is 2.03. The summed E-state index contributed by atoms with van der Waals surface area (Å²) in [6, 6.07) is 38.0. The third-order valence-corrected chi connectivity index (χ3v) is 8.06. The molecule has 0 saturated heterocycles. The number of benzene rings is 5. The lowest BCUT2D eigenvalue weighted by Gasteiger charge is -2.13. The Kier molecular flexibility index (Phi) is 3.08. The molecule has 32 heavy (non-hydrogen) atoms. The van der Waals surface area contributed by atoms with Crippen LogP contribution in [0.15, 0.2) is 103 Å². The maximum atomic E-state index is 2.48. The smallest absolute Gasteiger partial charge is 0.0553 e. The second kappa shape index (κ2) is 5.87. The van der Waals surface area contributed by atoms with Gasteiger partial charge < -0.3 is 4.40 Å². The van der Waals surface area contributed by atoms with E-state index in [4.69, 9.17) is 0 Å². The van der Waals surface area contributed by atoms with Crippen LogP contribution in [0.1, 0.15) is 0 Å². The molecule has 1 nitrogen and oxygen atoms in total. The average Bonchev–Trinajstić information content (AvgIpc) is 3.41. The maximum Gasteiger partial charge on any atom is 0.0553 e. The van der Waals surface area contributed by atoms with Gasteiger partial charge in [0.1, 0.15) is 0 Å². The highest BCUT2D eigenvalue weighted by molar-refractivity contribution is 7.25. The van der Waals surface area contributed by atoms with Crippen LogP contribution in [-0.2, 0) is 0 Å². The van der Waals surface area contributed by atoms with Crippen molar-refractivity contribution in [3.8, 4) is 0 Å². The average molecular weight is 424 g/mol. The van der Waals surface area contributed by atoms with Crippen molar-refractivity contribution in [3.63, 3.8) is 0 Å². The fourth-order valence-corrected chi connectivity index (χ4v) is 6.66. The molecule has 0 unspecified atom stereocenters. The fourth-order valence-electron chi connectivity index (χ4n) is 5.53. The van der Waals surface area contributed by atoms with Crippen LogP contribution in [0.3, 0.4) is 0 Å². The normalized spacial score (nSPS) is 12.4. The van der Waals surface area contributed by atoms with E-state index in [1.165, 1.54) is 69.0 Å². The molecule has 3 heterocycles. The Hall–Kier alpha value is -3.88. The molecule has 0 atom stereocenters. The minimum atomic E-state index is 1.27. The number of pyridine rings is 1. The zero-order chi connectivity index (χ0) is 20.8. The summed E-state index contributed by atoms with van der Waals surface area (Å²) < 4.78 is 5.18. The van der Waals surface area contributed by atoms with Crippen LogP contribution in [-0.4, -0.2) is 4.40 Å². The molecule has 2 heteroatoms. The molecule has 0 amide bonds. The van der Waals surface area contributed by atoms with E-state index >= 15 is 0 Å². The minimum absolute atomic E-state index is 1.27. The van der Waals surface area contributed by atoms with Crippen LogP contribution >= 0.6 is 11.3 Å². The molecule has 0 bridgehead atoms. The number of rotatable bonds is 0. The Morgan fingerprint density at radius 2 is 1.22 bits per heavy atom. The Morgan fingerprint density at radius 1 is 0.438 bits per heavy atom. The predicted molar refractivity (Wildman–Crippen MR) is 140 cm³/mol. The van der Waals surface area contributed by atoms with E-state index < -0.39 is 0 Å². The van der Waals surface area contributed by atoms with E-state index in [0.717, 1.165) is 0 Å². The number of hydrogen-bond donors (Lipinski definition) is 0. The highest BCUT2D eigenvalue weighted by Crippen LogP contribution is 2.42. The zero-order valence-electron chi connectivity index (χ0n) is 17.2. The highest BCUT2D eigenvalue weighted by atomic mass is 32.1. The van der Waals surface area contributed by atoms with E-state index in [2.05, 4.69) is 108 Å². The predicted octanol–water partition coefficient (Wildman–Crippen LogP) is 8.92. The molecular formula is C30H17NS. The van der Waals surface area contributed by atoms with Gasteiger partial charge >= 0.3 is 0 Å². The zero-order valence-corrected chi connectivity index (χ0v) is 18.0. The van der Waals surface area contributed by atoms with Crippen LogP contribution in [0.25, 0.3) is 69.0 Å². The largest absolute Gasteiger partial charge is 0.309 e. The van der Waals surface area contributed by atoms with Crippen molar-refractivity contribution in [1.82, 2.24) is 4.40 Å². The van der Waals surface area contributed by atoms with Crippen molar-refractivity contribution >= 4 is 80.4 Å². The van der Waals surface area contributed by atoms with Gasteiger partial charge in [0.25, 0.3) is 0 Å². The maximum absolute atomic E-state index is 2.48. The molecule has 0 fully saturated rings. The van der Waals surface area contributed by atoms with Crippen LogP contribution in [0.5, 0.6) is 0 Å². The summed E-state index contributed by atoms with van der Waals surface area (Å²) in [6.45, 7) is 0. The van der Waals surface area contributed by atoms with Gasteiger partial charge in [0.05, 0.1) is 16.6 Å². The topological polar surface area (TPSA) is 4.41 Å². The first-order valence-electron chi connectivity index (χ1n) is 11.0. The van der Waals surface area contributed by atoms with Crippen molar-refractivity contribution < 1.29 is 0 Å². The van der Waals surface area contributed by atoms with Crippen molar-refractivity contribution in [2.24, 2.45) is 0 Å². The lowest BCUT2D eigenvalue weighted by atomic mass is 9.98. The van der Waals surface area contributed by atoms with Gasteiger partial charge in [-0.05, 0) is 46.5 Å². The summed E-state index contributed by atoms with van der Waals surface area (Å²) in [7, 11) is 0. The van der Waals surface area contributed by atoms with Gasteiger partial charge in [-0.3, -0.25) is 0 Å². The lowest BCUT2D eigenvalue weighted by molar-refractivity contribution is 1.35. The van der Waals surface area contributed by atoms with Crippen molar-refractivity contribution in [1.29, 1.82) is 0 Å². The number of aromatic nitrogens is 1. The Balaban J connectivity index is 1.75. The highest BCUT2D eigenvalue weighted by Gasteiger charge is 2.16. The second-order valence-corrected chi connectivity index (χ2v) is 9.68. The number of thiophene rings is 1. The molecule has 0 radical (unpaired) electrons. The quantitative estimate of drug-likeness (QED) is 0.214. The van der Waals surface area contributed by atoms with Crippen LogP contribution in [0, 0.1) is 0 Å². The first-order chi connectivity index (χ1) is 15.9. The van der Waals surface area contributed by atoms with E-state index in [0.29, 0.717) is 0 Å². The van der Waals surface area contributed by atoms with Gasteiger partial charge in [0.2, 0.25) is 0 Å². The summed E-state index contributed by atoms with van der Waals surface area (Å²) in [5.74, 6) is 0. The third-order valence-electron chi connectivity index (χ3n) is 6.92. The Labute approximate surface area is 187 Å². The van der Waals surface area contributed by atoms with Crippen LogP contribution in [0.4, 0.5) is 0 Å². The van der Waals surface area contributed by atoms with Crippen LogP contribution in [0.2, 0.25) is 0 Å². The van der Waals surface area contributed by atoms with Gasteiger partial charge in [-0.1, -0.05) is 72.8 Å². The SMILES string of the molecule is c1ccc2c(c1)ccc1c3cc4sc5ccccc5c4cc3n3c4ccccc4cc3c21. The molecule has 0 N–H and O–H groups in total. The van der Waals surface area contributed by atoms with E-state index in [-0.39, 0.29) is 0 Å². The summed E-state index contributed by atoms with van der Waals surface area (Å²) in [6.07, 6.45) is 0. The van der Waals surface area contributed by atoms with E-state index in [1.54, 1.807) is 0 Å². The molecule has 8 aromatic rings. The lowest BCUT2D eigenvalue weighted by Crippen LogP contribution is -1.91. The van der Waals surface area contributed by atoms with Crippen molar-refractivity contribution in [2.75, 3.05) is 0 Å². The number of hydrogen-bond acceptors (Lipinski definition) is 1. The summed E-state index contributed by atoms with van der Waals surface area (Å²) in [5.41, 5.74) is 3.82. The van der Waals surface area contributed by atoms with Crippen molar-refractivity contribution in [2.45, 2.75) is 0 Å². The summed E-state index contributed by atoms with van der Waals surface area (Å²) >= 11 is 1.89. The monoisotopic (exact) mass is 423 g/mol. The number of nitrogens with zero attached hydrogens (tertiary/aromatic N) is 1. The van der Waals surface area contributed by atoms with Crippen molar-refractivity contribution in [3.05, 3.63) is 103 Å². The Bertz CT molecular complexity index is 2040. The van der Waals surface area contributed by atoms with E-state index in [1.807, 2.05) is 11.3 Å². The van der Waals surface area contributed by atoms with Gasteiger partial charge in [-0.2, -0.15) is 0 Å². The molecule has 5 aromatic carbocycles. The van der Waals surface area contributed by atoms with Gasteiger partial charge in [0.15, 0.2) is 0 Å². The van der Waals surface area contributed by atoms with Gasteiger partial charge in [-0.25, -0.2) is 0 Å². The molecule has 3 aromatic heterocycles. The molecule has 0 saturated carbocycles. The minimum Gasteiger partial charge on any atom is -0.309 e. The van der Waals surface area contributed by atoms with E-state index in [9.17, 15) is 0 Å². The number of para-hydroxylation sites is 1. The Morgan fingerprint density at radius 3 is 2.16 bits per heavy atom. The molecule has 0 aliphatic rings. The molecule has 148 valence electrons. The summed E-state index contributed by atoms with van der Waals surface area (Å²) in [5, 5.41) is 10.6. The second-order valence-electron chi connectivity index (χ2n) is 8.60. The molecule has 8 rings (SSSR count). The standard InChI is InChI=1S/C30H17NS/c1-3-9-20-18(7-1)13-14-22-23-17-29-24(21-10-4-6-12-28(21)32-29)16-26(23)31-25-11-5-2-8-19(25)15-27(31)30(20)22/h1-17H. The molecule has 0 aliphatic carbocycles. The first-order valence-corrected chi connectivity index (χ1v) is 11.8. The fraction of sp³-hybridized carbons (Fsp3) is 0. The molecular weight excluding hydrogens is 406 g/mol. The van der Waals surface area contributed by atoms with Gasteiger partial charge in [-0.15, -0.1) is 11.3 Å². The van der Waals surface area contributed by atoms with Gasteiger partial charge in [0, 0.05) is 36.3 Å². The number of fused-ring (bicyclic) bond motifs is 13. The van der Waals surface area contributed by atoms with Crippen LogP contribution < -0.4 is 0 Å². The first kappa shape index (κ1) is 16.8. The summed E-state index contributed by atoms with van der Waals surface area (Å²) in [4.78, 5) is 0.